The number of rotatable bonds is 6. The van der Waals surface area contributed by atoms with Gasteiger partial charge in [-0.05, 0) is 30.9 Å². The smallest absolute Gasteiger partial charge is 0.235 e. The Morgan fingerprint density at radius 2 is 2.00 bits per heavy atom. The Kier molecular flexibility index (Phi) is 4.44. The maximum atomic E-state index is 12.3. The first kappa shape index (κ1) is 13.6. The summed E-state index contributed by atoms with van der Waals surface area (Å²) in [6, 6.07) is 8.11. The van der Waals surface area contributed by atoms with Crippen LogP contribution in [-0.4, -0.2) is 11.2 Å². The largest absolute Gasteiger partial charge is 0.325 e. The highest BCUT2D eigenvalue weighted by molar-refractivity contribution is 9.09. The minimum absolute atomic E-state index is 0.185. The van der Waals surface area contributed by atoms with Crippen LogP contribution in [0.15, 0.2) is 24.3 Å². The molecule has 18 heavy (non-hydrogen) atoms. The second-order valence-electron chi connectivity index (χ2n) is 4.94. The van der Waals surface area contributed by atoms with E-state index in [1.165, 1.54) is 18.4 Å². The number of carbonyl (C=O) groups is 1. The van der Waals surface area contributed by atoms with E-state index < -0.39 is 0 Å². The van der Waals surface area contributed by atoms with Gasteiger partial charge in [-0.3, -0.25) is 4.79 Å². The highest BCUT2D eigenvalue weighted by atomic mass is 79.9. The predicted molar refractivity (Wildman–Crippen MR) is 79.3 cm³/mol. The third kappa shape index (κ3) is 2.33. The lowest BCUT2D eigenvalue weighted by molar-refractivity contribution is -0.121. The van der Waals surface area contributed by atoms with Crippen molar-refractivity contribution in [3.05, 3.63) is 29.8 Å². The van der Waals surface area contributed by atoms with Gasteiger partial charge in [0.1, 0.15) is 0 Å². The molecular weight excluding hydrogens is 290 g/mol. The lowest BCUT2D eigenvalue weighted by Gasteiger charge is -2.25. The van der Waals surface area contributed by atoms with Gasteiger partial charge in [0.15, 0.2) is 0 Å². The average molecular weight is 310 g/mol. The summed E-state index contributed by atoms with van der Waals surface area (Å²) in [5.74, 6) is 0.185. The fourth-order valence-electron chi connectivity index (χ4n) is 2.85. The molecule has 0 fully saturated rings. The van der Waals surface area contributed by atoms with Crippen LogP contribution in [0.25, 0.3) is 0 Å². The Hall–Kier alpha value is -0.830. The van der Waals surface area contributed by atoms with Crippen molar-refractivity contribution in [2.75, 3.05) is 10.6 Å². The zero-order chi connectivity index (χ0) is 13.0. The van der Waals surface area contributed by atoms with Crippen LogP contribution in [0.4, 0.5) is 5.69 Å². The number of amides is 1. The van der Waals surface area contributed by atoms with Gasteiger partial charge in [-0.15, -0.1) is 0 Å². The molecule has 0 spiro atoms. The topological polar surface area (TPSA) is 29.1 Å². The molecule has 1 aliphatic rings. The summed E-state index contributed by atoms with van der Waals surface area (Å²) < 4.78 is 0. The molecule has 0 saturated carbocycles. The summed E-state index contributed by atoms with van der Waals surface area (Å²) in [6.45, 7) is 2.12. The number of benzene rings is 1. The van der Waals surface area contributed by atoms with Gasteiger partial charge in [0.2, 0.25) is 5.91 Å². The maximum absolute atomic E-state index is 12.3. The highest BCUT2D eigenvalue weighted by Crippen LogP contribution is 2.43. The van der Waals surface area contributed by atoms with E-state index in [4.69, 9.17) is 0 Å². The molecule has 0 aliphatic carbocycles. The molecule has 0 aromatic heterocycles. The van der Waals surface area contributed by atoms with E-state index in [0.29, 0.717) is 0 Å². The first-order valence-corrected chi connectivity index (χ1v) is 7.83. The SMILES string of the molecule is CCC1(CCCCCBr)C(=O)Nc2ccccc21. The van der Waals surface area contributed by atoms with Gasteiger partial charge in [-0.2, -0.15) is 0 Å². The molecule has 1 amide bonds. The number of para-hydroxylation sites is 1. The van der Waals surface area contributed by atoms with E-state index in [2.05, 4.69) is 34.2 Å². The maximum Gasteiger partial charge on any atom is 0.235 e. The third-order valence-corrected chi connectivity index (χ3v) is 4.53. The lowest BCUT2D eigenvalue weighted by Crippen LogP contribution is -2.33. The van der Waals surface area contributed by atoms with Crippen LogP contribution in [0.2, 0.25) is 0 Å². The molecule has 1 heterocycles. The Labute approximate surface area is 117 Å². The number of anilines is 1. The van der Waals surface area contributed by atoms with Gasteiger partial charge in [0.25, 0.3) is 0 Å². The van der Waals surface area contributed by atoms with Crippen LogP contribution in [0.3, 0.4) is 0 Å². The second-order valence-corrected chi connectivity index (χ2v) is 5.73. The summed E-state index contributed by atoms with van der Waals surface area (Å²) in [6.07, 6.45) is 5.32. The van der Waals surface area contributed by atoms with Gasteiger partial charge >= 0.3 is 0 Å². The highest BCUT2D eigenvalue weighted by Gasteiger charge is 2.44. The van der Waals surface area contributed by atoms with Crippen molar-refractivity contribution in [2.45, 2.75) is 44.4 Å². The summed E-state index contributed by atoms with van der Waals surface area (Å²) in [7, 11) is 0. The molecule has 1 atom stereocenters. The molecule has 1 unspecified atom stereocenters. The van der Waals surface area contributed by atoms with Gasteiger partial charge in [-0.25, -0.2) is 0 Å². The van der Waals surface area contributed by atoms with Crippen LogP contribution < -0.4 is 5.32 Å². The van der Waals surface area contributed by atoms with Crippen molar-refractivity contribution in [1.29, 1.82) is 0 Å². The van der Waals surface area contributed by atoms with Crippen molar-refractivity contribution in [1.82, 2.24) is 0 Å². The van der Waals surface area contributed by atoms with Crippen LogP contribution in [0.5, 0.6) is 0 Å². The molecule has 0 bridgehead atoms. The second kappa shape index (κ2) is 5.87. The van der Waals surface area contributed by atoms with Crippen molar-refractivity contribution >= 4 is 27.5 Å². The van der Waals surface area contributed by atoms with E-state index in [-0.39, 0.29) is 11.3 Å². The van der Waals surface area contributed by atoms with Crippen LogP contribution in [0, 0.1) is 0 Å². The minimum Gasteiger partial charge on any atom is -0.325 e. The van der Waals surface area contributed by atoms with E-state index in [9.17, 15) is 4.79 Å². The van der Waals surface area contributed by atoms with Crippen LogP contribution in [0.1, 0.15) is 44.6 Å². The zero-order valence-electron chi connectivity index (χ0n) is 10.8. The van der Waals surface area contributed by atoms with Crippen molar-refractivity contribution < 1.29 is 4.79 Å². The molecule has 1 aromatic carbocycles. The fourth-order valence-corrected chi connectivity index (χ4v) is 3.24. The number of hydrogen-bond acceptors (Lipinski definition) is 1. The van der Waals surface area contributed by atoms with Crippen molar-refractivity contribution in [3.63, 3.8) is 0 Å². The van der Waals surface area contributed by atoms with Crippen molar-refractivity contribution in [2.24, 2.45) is 0 Å². The normalized spacial score (nSPS) is 21.8. The number of nitrogens with one attached hydrogen (secondary N) is 1. The van der Waals surface area contributed by atoms with E-state index in [1.807, 2.05) is 18.2 Å². The third-order valence-electron chi connectivity index (χ3n) is 3.97. The first-order chi connectivity index (χ1) is 8.74. The van der Waals surface area contributed by atoms with Gasteiger partial charge in [0, 0.05) is 11.0 Å². The van der Waals surface area contributed by atoms with Crippen LogP contribution >= 0.6 is 15.9 Å². The number of halogens is 1. The summed E-state index contributed by atoms with van der Waals surface area (Å²) in [4.78, 5) is 12.3. The molecule has 2 rings (SSSR count). The fraction of sp³-hybridized carbons (Fsp3) is 0.533. The van der Waals surface area contributed by atoms with Crippen LogP contribution in [-0.2, 0) is 10.2 Å². The number of fused-ring (bicyclic) bond motifs is 1. The predicted octanol–water partition coefficient (Wildman–Crippen LogP) is 4.24. The Bertz CT molecular complexity index is 432. The quantitative estimate of drug-likeness (QED) is 0.618. The van der Waals surface area contributed by atoms with Gasteiger partial charge in [0.05, 0.1) is 5.41 Å². The van der Waals surface area contributed by atoms with E-state index in [1.54, 1.807) is 0 Å². The molecule has 0 saturated heterocycles. The number of unbranched alkanes of at least 4 members (excludes halogenated alkanes) is 2. The number of hydrogen-bond donors (Lipinski definition) is 1. The molecule has 3 heteroatoms. The average Bonchev–Trinajstić information content (AvgIpc) is 2.68. The molecule has 1 aliphatic heterocycles. The first-order valence-electron chi connectivity index (χ1n) is 6.71. The molecule has 1 N–H and O–H groups in total. The minimum atomic E-state index is -0.289. The van der Waals surface area contributed by atoms with Gasteiger partial charge in [-0.1, -0.05) is 53.9 Å². The molecular formula is C15H20BrNO. The molecule has 0 radical (unpaired) electrons. The van der Waals surface area contributed by atoms with Gasteiger partial charge < -0.3 is 5.32 Å². The van der Waals surface area contributed by atoms with E-state index in [0.717, 1.165) is 30.3 Å². The Morgan fingerprint density at radius 3 is 2.72 bits per heavy atom. The summed E-state index contributed by atoms with van der Waals surface area (Å²) >= 11 is 3.45. The summed E-state index contributed by atoms with van der Waals surface area (Å²) in [5, 5.41) is 4.08. The Morgan fingerprint density at radius 1 is 1.22 bits per heavy atom. The lowest BCUT2D eigenvalue weighted by atomic mass is 9.75. The standard InChI is InChI=1S/C15H20BrNO/c1-2-15(10-6-3-7-11-16)12-8-4-5-9-13(12)17-14(15)18/h4-5,8-9H,2-3,6-7,10-11H2,1H3,(H,17,18). The molecule has 2 nitrogen and oxygen atoms in total. The van der Waals surface area contributed by atoms with E-state index >= 15 is 0 Å². The number of alkyl halides is 1. The number of carbonyl (C=O) groups excluding carboxylic acids is 1. The zero-order valence-corrected chi connectivity index (χ0v) is 12.4. The Balaban J connectivity index is 2.18. The monoisotopic (exact) mass is 309 g/mol. The van der Waals surface area contributed by atoms with Crippen molar-refractivity contribution in [3.8, 4) is 0 Å². The molecule has 98 valence electrons. The molecule has 1 aromatic rings. The summed E-state index contributed by atoms with van der Waals surface area (Å²) in [5.41, 5.74) is 1.91.